The molecule has 0 saturated heterocycles. The largest absolute Gasteiger partial charge is 0.355 e. The lowest BCUT2D eigenvalue weighted by Crippen LogP contribution is -2.49. The average molecular weight is 380 g/mol. The van der Waals surface area contributed by atoms with Crippen LogP contribution in [0.4, 0.5) is 0 Å². The summed E-state index contributed by atoms with van der Waals surface area (Å²) >= 11 is 5.99. The fourth-order valence-electron chi connectivity index (χ4n) is 3.64. The molecule has 1 aromatic heterocycles. The van der Waals surface area contributed by atoms with Crippen LogP contribution in [0.5, 0.6) is 0 Å². The molecule has 3 aromatic rings. The number of nitrogens with one attached hydrogen (secondary N) is 1. The molecule has 0 bridgehead atoms. The van der Waals surface area contributed by atoms with Gasteiger partial charge >= 0.3 is 0 Å². The lowest BCUT2D eigenvalue weighted by molar-refractivity contribution is -0.129. The highest BCUT2D eigenvalue weighted by Crippen LogP contribution is 2.44. The second-order valence-electron chi connectivity index (χ2n) is 7.04. The Morgan fingerprint density at radius 2 is 1.81 bits per heavy atom. The van der Waals surface area contributed by atoms with Gasteiger partial charge in [-0.2, -0.15) is 5.10 Å². The van der Waals surface area contributed by atoms with Gasteiger partial charge in [0.15, 0.2) is 0 Å². The molecule has 138 valence electrons. The smallest absolute Gasteiger partial charge is 0.230 e. The lowest BCUT2D eigenvalue weighted by atomic mass is 9.64. The van der Waals surface area contributed by atoms with Crippen LogP contribution in [0.2, 0.25) is 5.02 Å². The molecule has 0 atom stereocenters. The summed E-state index contributed by atoms with van der Waals surface area (Å²) in [5, 5.41) is 8.40. The van der Waals surface area contributed by atoms with Gasteiger partial charge in [0.1, 0.15) is 0 Å². The van der Waals surface area contributed by atoms with Crippen molar-refractivity contribution >= 4 is 17.5 Å². The van der Waals surface area contributed by atoms with Gasteiger partial charge in [-0.25, -0.2) is 4.68 Å². The second kappa shape index (κ2) is 7.57. The first-order valence-electron chi connectivity index (χ1n) is 9.32. The van der Waals surface area contributed by atoms with Gasteiger partial charge in [-0.3, -0.25) is 4.79 Å². The summed E-state index contributed by atoms with van der Waals surface area (Å²) < 4.78 is 1.86. The van der Waals surface area contributed by atoms with Crippen LogP contribution in [-0.2, 0) is 16.6 Å². The van der Waals surface area contributed by atoms with Gasteiger partial charge in [0.05, 0.1) is 16.8 Å². The predicted octanol–water partition coefficient (Wildman–Crippen LogP) is 4.31. The van der Waals surface area contributed by atoms with Crippen molar-refractivity contribution in [2.75, 3.05) is 6.54 Å². The highest BCUT2D eigenvalue weighted by Gasteiger charge is 2.45. The van der Waals surface area contributed by atoms with E-state index in [0.717, 1.165) is 36.2 Å². The Morgan fingerprint density at radius 1 is 1.07 bits per heavy atom. The number of halogens is 1. The molecule has 2 aromatic carbocycles. The summed E-state index contributed by atoms with van der Waals surface area (Å²) in [6.07, 6.45) is 5.53. The maximum absolute atomic E-state index is 12.9. The molecule has 1 heterocycles. The zero-order valence-corrected chi connectivity index (χ0v) is 15.8. The van der Waals surface area contributed by atoms with Gasteiger partial charge in [-0.05, 0) is 48.7 Å². The SMILES string of the molecule is O=C(NCCc1ccn(-c2ccccc2)n1)C1(c2ccc(Cl)cc2)CCC1. The summed E-state index contributed by atoms with van der Waals surface area (Å²) in [7, 11) is 0. The molecule has 4 nitrogen and oxygen atoms in total. The van der Waals surface area contributed by atoms with Crippen LogP contribution in [0.15, 0.2) is 66.9 Å². The van der Waals surface area contributed by atoms with Crippen molar-refractivity contribution in [1.82, 2.24) is 15.1 Å². The molecule has 4 rings (SSSR count). The van der Waals surface area contributed by atoms with E-state index in [9.17, 15) is 4.79 Å². The fraction of sp³-hybridized carbons (Fsp3) is 0.273. The third-order valence-corrected chi connectivity index (χ3v) is 5.62. The van der Waals surface area contributed by atoms with E-state index in [-0.39, 0.29) is 5.91 Å². The molecule has 0 unspecified atom stereocenters. The molecule has 1 saturated carbocycles. The van der Waals surface area contributed by atoms with Crippen LogP contribution in [0, 0.1) is 0 Å². The number of rotatable bonds is 6. The van der Waals surface area contributed by atoms with Gasteiger partial charge in [0.2, 0.25) is 5.91 Å². The number of benzene rings is 2. The molecule has 1 aliphatic rings. The summed E-state index contributed by atoms with van der Waals surface area (Å²) in [6, 6.07) is 19.7. The van der Waals surface area contributed by atoms with Crippen LogP contribution in [0.3, 0.4) is 0 Å². The average Bonchev–Trinajstić information content (AvgIpc) is 3.12. The molecule has 1 N–H and O–H groups in total. The Kier molecular flexibility index (Phi) is 4.99. The molecule has 1 aliphatic carbocycles. The fourth-order valence-corrected chi connectivity index (χ4v) is 3.76. The van der Waals surface area contributed by atoms with Gasteiger partial charge in [-0.1, -0.05) is 48.4 Å². The zero-order valence-electron chi connectivity index (χ0n) is 15.1. The Labute approximate surface area is 164 Å². The Bertz CT molecular complexity index is 914. The van der Waals surface area contributed by atoms with Crippen molar-refractivity contribution in [3.05, 3.63) is 83.1 Å². The van der Waals surface area contributed by atoms with E-state index in [0.29, 0.717) is 18.0 Å². The first-order chi connectivity index (χ1) is 13.2. The van der Waals surface area contributed by atoms with Crippen molar-refractivity contribution < 1.29 is 4.79 Å². The van der Waals surface area contributed by atoms with E-state index in [4.69, 9.17) is 11.6 Å². The maximum atomic E-state index is 12.9. The number of carbonyl (C=O) groups is 1. The molecule has 27 heavy (non-hydrogen) atoms. The van der Waals surface area contributed by atoms with E-state index in [1.165, 1.54) is 0 Å². The third kappa shape index (κ3) is 3.62. The number of amides is 1. The van der Waals surface area contributed by atoms with Crippen molar-refractivity contribution in [1.29, 1.82) is 0 Å². The van der Waals surface area contributed by atoms with Crippen molar-refractivity contribution in [3.63, 3.8) is 0 Å². The van der Waals surface area contributed by atoms with E-state index < -0.39 is 5.41 Å². The van der Waals surface area contributed by atoms with Crippen molar-refractivity contribution in [3.8, 4) is 5.69 Å². The van der Waals surface area contributed by atoms with Crippen LogP contribution in [0.25, 0.3) is 5.69 Å². The minimum Gasteiger partial charge on any atom is -0.355 e. The number of para-hydroxylation sites is 1. The normalized spacial score (nSPS) is 15.1. The van der Waals surface area contributed by atoms with Gasteiger partial charge in [0, 0.05) is 24.2 Å². The van der Waals surface area contributed by atoms with Gasteiger partial charge in [-0.15, -0.1) is 0 Å². The highest BCUT2D eigenvalue weighted by molar-refractivity contribution is 6.30. The topological polar surface area (TPSA) is 46.9 Å². The summed E-state index contributed by atoms with van der Waals surface area (Å²) in [6.45, 7) is 0.583. The monoisotopic (exact) mass is 379 g/mol. The maximum Gasteiger partial charge on any atom is 0.230 e. The van der Waals surface area contributed by atoms with E-state index >= 15 is 0 Å². The lowest BCUT2D eigenvalue weighted by Gasteiger charge is -2.40. The van der Waals surface area contributed by atoms with Crippen LogP contribution < -0.4 is 5.32 Å². The molecular formula is C22H22ClN3O. The van der Waals surface area contributed by atoms with E-state index in [1.54, 1.807) is 0 Å². The predicted molar refractivity (Wildman–Crippen MR) is 107 cm³/mol. The van der Waals surface area contributed by atoms with Crippen LogP contribution in [-0.4, -0.2) is 22.2 Å². The first kappa shape index (κ1) is 17.8. The highest BCUT2D eigenvalue weighted by atomic mass is 35.5. The summed E-state index contributed by atoms with van der Waals surface area (Å²) in [5.41, 5.74) is 2.66. The number of carbonyl (C=O) groups excluding carboxylic acids is 1. The van der Waals surface area contributed by atoms with Gasteiger partial charge in [0.25, 0.3) is 0 Å². The molecule has 0 radical (unpaired) electrons. The molecule has 5 heteroatoms. The van der Waals surface area contributed by atoms with Crippen LogP contribution >= 0.6 is 11.6 Å². The van der Waals surface area contributed by atoms with E-state index in [1.807, 2.05) is 71.5 Å². The molecule has 1 fully saturated rings. The quantitative estimate of drug-likeness (QED) is 0.693. The van der Waals surface area contributed by atoms with Crippen molar-refractivity contribution in [2.24, 2.45) is 0 Å². The summed E-state index contributed by atoms with van der Waals surface area (Å²) in [5.74, 6) is 0.110. The molecule has 0 aliphatic heterocycles. The number of hydrogen-bond acceptors (Lipinski definition) is 2. The summed E-state index contributed by atoms with van der Waals surface area (Å²) in [4.78, 5) is 12.9. The number of aromatic nitrogens is 2. The minimum absolute atomic E-state index is 0.110. The van der Waals surface area contributed by atoms with Crippen LogP contribution in [0.1, 0.15) is 30.5 Å². The first-order valence-corrected chi connectivity index (χ1v) is 9.69. The third-order valence-electron chi connectivity index (χ3n) is 5.37. The van der Waals surface area contributed by atoms with Gasteiger partial charge < -0.3 is 5.32 Å². The number of nitrogens with zero attached hydrogens (tertiary/aromatic N) is 2. The van der Waals surface area contributed by atoms with E-state index in [2.05, 4.69) is 10.4 Å². The molecule has 1 amide bonds. The Balaban J connectivity index is 1.37. The minimum atomic E-state index is -0.395. The Morgan fingerprint density at radius 3 is 2.48 bits per heavy atom. The number of hydrogen-bond donors (Lipinski definition) is 1. The standard InChI is InChI=1S/C22H22ClN3O/c23-18-9-7-17(8-10-18)22(13-4-14-22)21(27)24-15-11-19-12-16-26(25-19)20-5-2-1-3-6-20/h1-3,5-10,12,16H,4,11,13-15H2,(H,24,27). The Hall–Kier alpha value is -2.59. The molecule has 0 spiro atoms. The zero-order chi connectivity index (χ0) is 18.7. The van der Waals surface area contributed by atoms with Crippen molar-refractivity contribution in [2.45, 2.75) is 31.1 Å². The second-order valence-corrected chi connectivity index (χ2v) is 7.47. The molecular weight excluding hydrogens is 358 g/mol.